The van der Waals surface area contributed by atoms with E-state index in [0.717, 1.165) is 17.5 Å². The number of aryl methyl sites for hydroxylation is 1. The summed E-state index contributed by atoms with van der Waals surface area (Å²) >= 11 is 0. The van der Waals surface area contributed by atoms with Crippen molar-refractivity contribution in [1.29, 1.82) is 0 Å². The highest BCUT2D eigenvalue weighted by Gasteiger charge is 2.14. The SMILES string of the molecule is Cc1ccoc1-c1noc(-c2ccc(CCN)cc2)n1. The van der Waals surface area contributed by atoms with E-state index >= 15 is 0 Å². The fourth-order valence-electron chi connectivity index (χ4n) is 2.02. The van der Waals surface area contributed by atoms with E-state index in [4.69, 9.17) is 14.7 Å². The lowest BCUT2D eigenvalue weighted by Crippen LogP contribution is -2.02. The van der Waals surface area contributed by atoms with Crippen molar-refractivity contribution in [3.05, 3.63) is 47.7 Å². The fraction of sp³-hybridized carbons (Fsp3) is 0.200. The molecule has 20 heavy (non-hydrogen) atoms. The second kappa shape index (κ2) is 5.30. The summed E-state index contributed by atoms with van der Waals surface area (Å²) in [6.45, 7) is 2.58. The summed E-state index contributed by atoms with van der Waals surface area (Å²) in [5, 5.41) is 3.95. The molecule has 2 heterocycles. The predicted octanol–water partition coefficient (Wildman–Crippen LogP) is 2.81. The van der Waals surface area contributed by atoms with E-state index < -0.39 is 0 Å². The van der Waals surface area contributed by atoms with Crippen LogP contribution < -0.4 is 5.73 Å². The van der Waals surface area contributed by atoms with Crippen molar-refractivity contribution >= 4 is 0 Å². The second-order valence-electron chi connectivity index (χ2n) is 4.59. The molecule has 0 bridgehead atoms. The zero-order valence-corrected chi connectivity index (χ0v) is 11.2. The molecule has 0 amide bonds. The molecule has 0 saturated carbocycles. The van der Waals surface area contributed by atoms with E-state index in [1.54, 1.807) is 6.26 Å². The number of nitrogens with two attached hydrogens (primary N) is 1. The number of rotatable bonds is 4. The molecule has 3 aromatic rings. The molecule has 5 nitrogen and oxygen atoms in total. The lowest BCUT2D eigenvalue weighted by molar-refractivity contribution is 0.429. The number of benzene rings is 1. The third kappa shape index (κ3) is 2.35. The van der Waals surface area contributed by atoms with Crippen molar-refractivity contribution < 1.29 is 8.94 Å². The Morgan fingerprint density at radius 1 is 1.15 bits per heavy atom. The summed E-state index contributed by atoms with van der Waals surface area (Å²) in [4.78, 5) is 4.36. The zero-order valence-electron chi connectivity index (χ0n) is 11.2. The van der Waals surface area contributed by atoms with Crippen LogP contribution in [-0.4, -0.2) is 16.7 Å². The van der Waals surface area contributed by atoms with E-state index in [9.17, 15) is 0 Å². The standard InChI is InChI=1S/C15H15N3O2/c1-10-7-9-19-13(10)14-17-15(20-18-14)12-4-2-11(3-5-12)6-8-16/h2-5,7,9H,6,8,16H2,1H3. The van der Waals surface area contributed by atoms with Crippen molar-refractivity contribution in [3.63, 3.8) is 0 Å². The molecule has 5 heteroatoms. The van der Waals surface area contributed by atoms with Gasteiger partial charge < -0.3 is 14.7 Å². The molecule has 0 fully saturated rings. The minimum Gasteiger partial charge on any atom is -0.461 e. The molecule has 0 aliphatic heterocycles. The van der Waals surface area contributed by atoms with E-state index in [0.29, 0.717) is 24.0 Å². The summed E-state index contributed by atoms with van der Waals surface area (Å²) < 4.78 is 10.6. The Morgan fingerprint density at radius 2 is 1.95 bits per heavy atom. The largest absolute Gasteiger partial charge is 0.461 e. The van der Waals surface area contributed by atoms with Gasteiger partial charge in [0.2, 0.25) is 5.82 Å². The molecule has 2 N–H and O–H groups in total. The van der Waals surface area contributed by atoms with Gasteiger partial charge in [-0.1, -0.05) is 17.3 Å². The van der Waals surface area contributed by atoms with Gasteiger partial charge in [-0.05, 0) is 49.2 Å². The Kier molecular flexibility index (Phi) is 3.35. The number of hydrogen-bond donors (Lipinski definition) is 1. The van der Waals surface area contributed by atoms with Gasteiger partial charge in [0.25, 0.3) is 5.89 Å². The lowest BCUT2D eigenvalue weighted by atomic mass is 10.1. The van der Waals surface area contributed by atoms with Gasteiger partial charge in [0.1, 0.15) is 0 Å². The third-order valence-corrected chi connectivity index (χ3v) is 3.13. The van der Waals surface area contributed by atoms with Crippen molar-refractivity contribution in [1.82, 2.24) is 10.1 Å². The smallest absolute Gasteiger partial charge is 0.258 e. The number of aromatic nitrogens is 2. The first-order valence-electron chi connectivity index (χ1n) is 6.45. The van der Waals surface area contributed by atoms with E-state index in [1.165, 1.54) is 5.56 Å². The minimum atomic E-state index is 0.466. The van der Waals surface area contributed by atoms with Crippen LogP contribution >= 0.6 is 0 Å². The van der Waals surface area contributed by atoms with Crippen molar-refractivity contribution in [2.45, 2.75) is 13.3 Å². The van der Waals surface area contributed by atoms with Crippen molar-refractivity contribution in [3.8, 4) is 23.0 Å². The molecule has 2 aromatic heterocycles. The van der Waals surface area contributed by atoms with Gasteiger partial charge in [0.05, 0.1) is 6.26 Å². The lowest BCUT2D eigenvalue weighted by Gasteiger charge is -1.98. The molecule has 102 valence electrons. The summed E-state index contributed by atoms with van der Waals surface area (Å²) in [6, 6.07) is 9.82. The molecule has 0 unspecified atom stereocenters. The molecule has 0 saturated heterocycles. The normalized spacial score (nSPS) is 10.9. The third-order valence-electron chi connectivity index (χ3n) is 3.13. The van der Waals surface area contributed by atoms with Crippen LogP contribution in [0.5, 0.6) is 0 Å². The zero-order chi connectivity index (χ0) is 13.9. The Bertz CT molecular complexity index is 698. The molecule has 0 atom stereocenters. The van der Waals surface area contributed by atoms with Gasteiger partial charge in [-0.25, -0.2) is 0 Å². The van der Waals surface area contributed by atoms with Crippen molar-refractivity contribution in [2.24, 2.45) is 5.73 Å². The molecule has 0 radical (unpaired) electrons. The topological polar surface area (TPSA) is 78.1 Å². The van der Waals surface area contributed by atoms with Crippen LogP contribution in [-0.2, 0) is 6.42 Å². The Labute approximate surface area is 116 Å². The maximum atomic E-state index is 5.53. The molecular weight excluding hydrogens is 254 g/mol. The molecule has 1 aromatic carbocycles. The van der Waals surface area contributed by atoms with Gasteiger partial charge in [-0.3, -0.25) is 0 Å². The van der Waals surface area contributed by atoms with Crippen LogP contribution in [0.4, 0.5) is 0 Å². The minimum absolute atomic E-state index is 0.466. The van der Waals surface area contributed by atoms with Gasteiger partial charge in [0.15, 0.2) is 5.76 Å². The molecule has 0 aliphatic carbocycles. The molecule has 0 aliphatic rings. The summed E-state index contributed by atoms with van der Waals surface area (Å²) in [5.41, 5.74) is 8.59. The van der Waals surface area contributed by atoms with Crippen LogP contribution in [0.2, 0.25) is 0 Å². The first kappa shape index (κ1) is 12.6. The quantitative estimate of drug-likeness (QED) is 0.788. The first-order chi connectivity index (χ1) is 9.78. The maximum absolute atomic E-state index is 5.53. The predicted molar refractivity (Wildman–Crippen MR) is 74.9 cm³/mol. The average Bonchev–Trinajstić information content (AvgIpc) is 3.08. The number of hydrogen-bond acceptors (Lipinski definition) is 5. The van der Waals surface area contributed by atoms with Crippen LogP contribution in [0.25, 0.3) is 23.0 Å². The highest BCUT2D eigenvalue weighted by Crippen LogP contribution is 2.25. The van der Waals surface area contributed by atoms with Crippen LogP contribution in [0.15, 0.2) is 45.5 Å². The summed E-state index contributed by atoms with van der Waals surface area (Å²) in [7, 11) is 0. The fourth-order valence-corrected chi connectivity index (χ4v) is 2.02. The number of furan rings is 1. The molecular formula is C15H15N3O2. The van der Waals surface area contributed by atoms with Gasteiger partial charge in [-0.15, -0.1) is 0 Å². The Morgan fingerprint density at radius 3 is 2.60 bits per heavy atom. The van der Waals surface area contributed by atoms with Gasteiger partial charge >= 0.3 is 0 Å². The van der Waals surface area contributed by atoms with E-state index in [1.807, 2.05) is 37.3 Å². The van der Waals surface area contributed by atoms with E-state index in [2.05, 4.69) is 10.1 Å². The van der Waals surface area contributed by atoms with Crippen LogP contribution in [0.1, 0.15) is 11.1 Å². The maximum Gasteiger partial charge on any atom is 0.258 e. The summed E-state index contributed by atoms with van der Waals surface area (Å²) in [5.74, 6) is 1.59. The van der Waals surface area contributed by atoms with Gasteiger partial charge in [-0.2, -0.15) is 4.98 Å². The highest BCUT2D eigenvalue weighted by molar-refractivity contribution is 5.58. The van der Waals surface area contributed by atoms with Crippen LogP contribution in [0.3, 0.4) is 0 Å². The first-order valence-corrected chi connectivity index (χ1v) is 6.45. The molecule has 3 rings (SSSR count). The van der Waals surface area contributed by atoms with Crippen molar-refractivity contribution in [2.75, 3.05) is 6.54 Å². The van der Waals surface area contributed by atoms with Gasteiger partial charge in [0, 0.05) is 5.56 Å². The summed E-state index contributed by atoms with van der Waals surface area (Å²) in [6.07, 6.45) is 2.48. The molecule has 0 spiro atoms. The Balaban J connectivity index is 1.88. The second-order valence-corrected chi connectivity index (χ2v) is 4.59. The average molecular weight is 269 g/mol. The number of nitrogens with zero attached hydrogens (tertiary/aromatic N) is 2. The highest BCUT2D eigenvalue weighted by atomic mass is 16.5. The monoisotopic (exact) mass is 269 g/mol. The van der Waals surface area contributed by atoms with E-state index in [-0.39, 0.29) is 0 Å². The Hall–Kier alpha value is -2.40. The van der Waals surface area contributed by atoms with Crippen LogP contribution in [0, 0.1) is 6.92 Å².